The molecule has 0 fully saturated rings. The summed E-state index contributed by atoms with van der Waals surface area (Å²) in [6.07, 6.45) is 2.90. The lowest BCUT2D eigenvalue weighted by Crippen LogP contribution is -2.17. The third-order valence-electron chi connectivity index (χ3n) is 3.32. The van der Waals surface area contributed by atoms with Gasteiger partial charge < -0.3 is 4.74 Å². The first-order valence-corrected chi connectivity index (χ1v) is 7.67. The van der Waals surface area contributed by atoms with Gasteiger partial charge in [-0.1, -0.05) is 29.3 Å². The molecule has 8 heteroatoms. The van der Waals surface area contributed by atoms with Crippen molar-refractivity contribution in [1.82, 2.24) is 14.4 Å². The maximum atomic E-state index is 12.1. The van der Waals surface area contributed by atoms with Gasteiger partial charge in [0.2, 0.25) is 0 Å². The molecule has 0 saturated heterocycles. The number of halogens is 2. The summed E-state index contributed by atoms with van der Waals surface area (Å²) >= 11 is 11.5. The second-order valence-electron chi connectivity index (χ2n) is 5.04. The van der Waals surface area contributed by atoms with E-state index in [0.717, 1.165) is 5.56 Å². The summed E-state index contributed by atoms with van der Waals surface area (Å²) in [5, 5.41) is 0.261. The van der Waals surface area contributed by atoms with E-state index in [4.69, 9.17) is 27.9 Å². The lowest BCUT2D eigenvalue weighted by atomic mass is 10.3. The van der Waals surface area contributed by atoms with Gasteiger partial charge >= 0.3 is 5.97 Å². The smallest absolute Gasteiger partial charge is 0.340 e. The number of ether oxygens (including phenoxy) is 1. The third kappa shape index (κ3) is 3.25. The molecule has 0 unspecified atom stereocenters. The Morgan fingerprint density at radius 1 is 1.33 bits per heavy atom. The number of nitrogens with zero attached hydrogens (tertiary/aromatic N) is 3. The molecule has 6 nitrogen and oxygen atoms in total. The third-order valence-corrected chi connectivity index (χ3v) is 4.01. The Morgan fingerprint density at radius 3 is 2.88 bits per heavy atom. The maximum absolute atomic E-state index is 12.1. The van der Waals surface area contributed by atoms with Crippen molar-refractivity contribution < 1.29 is 9.53 Å². The lowest BCUT2D eigenvalue weighted by molar-refractivity contribution is 0.0467. The predicted molar refractivity (Wildman–Crippen MR) is 89.6 cm³/mol. The summed E-state index contributed by atoms with van der Waals surface area (Å²) in [5.41, 5.74) is 1.64. The van der Waals surface area contributed by atoms with E-state index in [9.17, 15) is 9.59 Å². The summed E-state index contributed by atoms with van der Waals surface area (Å²) in [7, 11) is 0. The van der Waals surface area contributed by atoms with E-state index in [2.05, 4.69) is 9.97 Å². The molecule has 3 aromatic heterocycles. The second kappa shape index (κ2) is 6.59. The molecule has 0 amide bonds. The van der Waals surface area contributed by atoms with Crippen LogP contribution in [0.5, 0.6) is 0 Å². The van der Waals surface area contributed by atoms with Gasteiger partial charge in [0, 0.05) is 18.5 Å². The first-order valence-electron chi connectivity index (χ1n) is 6.92. The summed E-state index contributed by atoms with van der Waals surface area (Å²) in [5.74, 6) is -0.632. The number of hydrogen-bond donors (Lipinski definition) is 0. The van der Waals surface area contributed by atoms with Gasteiger partial charge in [0.25, 0.3) is 5.56 Å². The SMILES string of the molecule is Cc1cccn2c(=O)cc(COC(=O)c3cnc(Cl)c(Cl)c3)nc12. The Hall–Kier alpha value is -2.44. The molecule has 0 bridgehead atoms. The van der Waals surface area contributed by atoms with Crippen LogP contribution < -0.4 is 5.56 Å². The summed E-state index contributed by atoms with van der Waals surface area (Å²) in [4.78, 5) is 32.3. The van der Waals surface area contributed by atoms with Crippen LogP contribution in [0.3, 0.4) is 0 Å². The van der Waals surface area contributed by atoms with Crippen molar-refractivity contribution in [3.63, 3.8) is 0 Å². The molecule has 0 spiro atoms. The van der Waals surface area contributed by atoms with Crippen LogP contribution in [-0.2, 0) is 11.3 Å². The largest absolute Gasteiger partial charge is 0.456 e. The zero-order valence-corrected chi connectivity index (χ0v) is 14.0. The Morgan fingerprint density at radius 2 is 2.12 bits per heavy atom. The number of esters is 1. The van der Waals surface area contributed by atoms with Crippen molar-refractivity contribution in [2.24, 2.45) is 0 Å². The number of aryl methyl sites for hydroxylation is 1. The molecule has 0 radical (unpaired) electrons. The van der Waals surface area contributed by atoms with Crippen LogP contribution in [0.25, 0.3) is 5.65 Å². The zero-order valence-electron chi connectivity index (χ0n) is 12.5. The van der Waals surface area contributed by atoms with Gasteiger partial charge in [-0.25, -0.2) is 14.8 Å². The Bertz CT molecular complexity index is 1000. The number of carbonyl (C=O) groups excluding carboxylic acids is 1. The highest BCUT2D eigenvalue weighted by Crippen LogP contribution is 2.20. The van der Waals surface area contributed by atoms with E-state index in [1.54, 1.807) is 12.3 Å². The number of carbonyl (C=O) groups is 1. The van der Waals surface area contributed by atoms with E-state index >= 15 is 0 Å². The van der Waals surface area contributed by atoms with E-state index in [-0.39, 0.29) is 27.9 Å². The Balaban J connectivity index is 1.83. The fraction of sp³-hybridized carbons (Fsp3) is 0.125. The Kier molecular flexibility index (Phi) is 4.51. The molecule has 122 valence electrons. The Labute approximate surface area is 146 Å². The molecule has 24 heavy (non-hydrogen) atoms. The van der Waals surface area contributed by atoms with Gasteiger partial charge in [-0.3, -0.25) is 9.20 Å². The number of hydrogen-bond acceptors (Lipinski definition) is 5. The monoisotopic (exact) mass is 363 g/mol. The van der Waals surface area contributed by atoms with Crippen LogP contribution in [0.15, 0.2) is 41.5 Å². The fourth-order valence-corrected chi connectivity index (χ4v) is 2.41. The average molecular weight is 364 g/mol. The standard InChI is InChI=1S/C16H11Cl2N3O3/c1-9-3-2-4-21-13(22)6-11(20-15(9)21)8-24-16(23)10-5-12(17)14(18)19-7-10/h2-7H,8H2,1H3. The fourth-order valence-electron chi connectivity index (χ4n) is 2.14. The van der Waals surface area contributed by atoms with Crippen LogP contribution in [0.1, 0.15) is 21.6 Å². The van der Waals surface area contributed by atoms with Crippen LogP contribution in [0, 0.1) is 6.92 Å². The summed E-state index contributed by atoms with van der Waals surface area (Å²) in [6.45, 7) is 1.71. The molecule has 3 aromatic rings. The van der Waals surface area contributed by atoms with Crippen molar-refractivity contribution in [2.75, 3.05) is 0 Å². The van der Waals surface area contributed by atoms with E-state index < -0.39 is 5.97 Å². The minimum absolute atomic E-state index is 0.105. The molecule has 0 aliphatic carbocycles. The van der Waals surface area contributed by atoms with Crippen molar-refractivity contribution >= 4 is 34.8 Å². The highest BCUT2D eigenvalue weighted by molar-refractivity contribution is 6.41. The molecule has 0 aromatic carbocycles. The van der Waals surface area contributed by atoms with Gasteiger partial charge in [0.15, 0.2) is 0 Å². The number of fused-ring (bicyclic) bond motifs is 1. The van der Waals surface area contributed by atoms with Gasteiger partial charge in [-0.15, -0.1) is 0 Å². The predicted octanol–water partition coefficient (Wildman–Crippen LogP) is 3.06. The van der Waals surface area contributed by atoms with E-state index in [1.807, 2.05) is 13.0 Å². The minimum atomic E-state index is -0.632. The van der Waals surface area contributed by atoms with Gasteiger partial charge in [-0.05, 0) is 24.6 Å². The molecule has 0 aliphatic rings. The lowest BCUT2D eigenvalue weighted by Gasteiger charge is -2.07. The van der Waals surface area contributed by atoms with Crippen molar-refractivity contribution in [2.45, 2.75) is 13.5 Å². The topological polar surface area (TPSA) is 73.6 Å². The van der Waals surface area contributed by atoms with Crippen molar-refractivity contribution in [1.29, 1.82) is 0 Å². The van der Waals surface area contributed by atoms with Crippen LogP contribution in [0.4, 0.5) is 0 Å². The van der Waals surface area contributed by atoms with Gasteiger partial charge in [0.05, 0.1) is 16.3 Å². The van der Waals surface area contributed by atoms with E-state index in [0.29, 0.717) is 11.3 Å². The normalized spacial score (nSPS) is 10.8. The summed E-state index contributed by atoms with van der Waals surface area (Å²) < 4.78 is 6.60. The summed E-state index contributed by atoms with van der Waals surface area (Å²) in [6, 6.07) is 6.31. The molecule has 0 aliphatic heterocycles. The minimum Gasteiger partial charge on any atom is -0.456 e. The van der Waals surface area contributed by atoms with E-state index in [1.165, 1.54) is 22.7 Å². The molecule has 0 N–H and O–H groups in total. The van der Waals surface area contributed by atoms with Gasteiger partial charge in [0.1, 0.15) is 17.4 Å². The van der Waals surface area contributed by atoms with Gasteiger partial charge in [-0.2, -0.15) is 0 Å². The first-order chi connectivity index (χ1) is 11.5. The second-order valence-corrected chi connectivity index (χ2v) is 5.81. The van der Waals surface area contributed by atoms with Crippen LogP contribution >= 0.6 is 23.2 Å². The number of pyridine rings is 2. The molecule has 3 heterocycles. The highest BCUT2D eigenvalue weighted by atomic mass is 35.5. The number of aromatic nitrogens is 3. The molecular formula is C16H11Cl2N3O3. The van der Waals surface area contributed by atoms with Crippen molar-refractivity contribution in [3.8, 4) is 0 Å². The van der Waals surface area contributed by atoms with Crippen molar-refractivity contribution in [3.05, 3.63) is 74.0 Å². The molecule has 0 saturated carbocycles. The first kappa shape index (κ1) is 16.4. The molecule has 3 rings (SSSR count). The molecular weight excluding hydrogens is 353 g/mol. The average Bonchev–Trinajstić information content (AvgIpc) is 2.56. The van der Waals surface area contributed by atoms with Crippen LogP contribution in [0.2, 0.25) is 10.2 Å². The number of rotatable bonds is 3. The van der Waals surface area contributed by atoms with Crippen LogP contribution in [-0.4, -0.2) is 20.3 Å². The quantitative estimate of drug-likeness (QED) is 0.528. The zero-order chi connectivity index (χ0) is 17.3. The highest BCUT2D eigenvalue weighted by Gasteiger charge is 2.12. The molecule has 0 atom stereocenters. The maximum Gasteiger partial charge on any atom is 0.340 e.